The Morgan fingerprint density at radius 1 is 1.18 bits per heavy atom. The van der Waals surface area contributed by atoms with Gasteiger partial charge in [0.15, 0.2) is 5.96 Å². The summed E-state index contributed by atoms with van der Waals surface area (Å²) in [5, 5.41) is 3.02. The van der Waals surface area contributed by atoms with Crippen LogP contribution in [0, 0.1) is 0 Å². The van der Waals surface area contributed by atoms with E-state index in [2.05, 4.69) is 52.5 Å². The summed E-state index contributed by atoms with van der Waals surface area (Å²) in [7, 11) is 0. The van der Waals surface area contributed by atoms with Gasteiger partial charge >= 0.3 is 0 Å². The summed E-state index contributed by atoms with van der Waals surface area (Å²) in [6.07, 6.45) is 3.79. The minimum atomic E-state index is 0. The van der Waals surface area contributed by atoms with E-state index >= 15 is 0 Å². The van der Waals surface area contributed by atoms with Crippen LogP contribution in [-0.2, 0) is 5.41 Å². The Bertz CT molecular complexity index is 622. The highest BCUT2D eigenvalue weighted by atomic mass is 127. The average Bonchev–Trinajstić information content (AvgIpc) is 2.47. The van der Waals surface area contributed by atoms with Crippen molar-refractivity contribution in [3.63, 3.8) is 0 Å². The molecule has 22 heavy (non-hydrogen) atoms. The third kappa shape index (κ3) is 3.76. The van der Waals surface area contributed by atoms with Crippen molar-refractivity contribution in [3.8, 4) is 0 Å². The Hall–Kier alpha value is -1.63. The number of hydrogen-bond donors (Lipinski definition) is 2. The molecule has 0 atom stereocenters. The molecule has 0 unspecified atom stereocenters. The van der Waals surface area contributed by atoms with Crippen LogP contribution in [0.3, 0.4) is 0 Å². The highest BCUT2D eigenvalue weighted by Crippen LogP contribution is 2.44. The number of aliphatic imine (C=N–C) groups is 1. The molecule has 1 aromatic heterocycles. The van der Waals surface area contributed by atoms with Gasteiger partial charge in [0, 0.05) is 6.20 Å². The Labute approximate surface area is 148 Å². The highest BCUT2D eigenvalue weighted by molar-refractivity contribution is 14.0. The number of rotatable bonds is 3. The lowest BCUT2D eigenvalue weighted by molar-refractivity contribution is 0.229. The lowest BCUT2D eigenvalue weighted by atomic mass is 9.63. The summed E-state index contributed by atoms with van der Waals surface area (Å²) < 4.78 is 0. The molecule has 0 aliphatic heterocycles. The zero-order valence-electron chi connectivity index (χ0n) is 12.6. The Morgan fingerprint density at radius 3 is 2.50 bits per heavy atom. The minimum absolute atomic E-state index is 0. The topological polar surface area (TPSA) is 63.3 Å². The standard InChI is InChI=1S/C17H20N4.HI/c1-17(13-7-3-2-4-8-13)11-14(12-17)20-16(18)21-15-9-5-6-10-19-15;/h2-10,14H,11-12H2,1H3,(H3,18,19,20,21);1H. The summed E-state index contributed by atoms with van der Waals surface area (Å²) in [6.45, 7) is 2.29. The third-order valence-electron chi connectivity index (χ3n) is 4.09. The first-order valence-electron chi connectivity index (χ1n) is 7.23. The zero-order valence-corrected chi connectivity index (χ0v) is 14.9. The lowest BCUT2D eigenvalue weighted by Crippen LogP contribution is -2.42. The van der Waals surface area contributed by atoms with Gasteiger partial charge in [-0.15, -0.1) is 24.0 Å². The number of nitrogens with two attached hydrogens (primary N) is 1. The molecule has 1 aliphatic rings. The monoisotopic (exact) mass is 408 g/mol. The molecule has 0 radical (unpaired) electrons. The van der Waals surface area contributed by atoms with Crippen molar-refractivity contribution in [1.29, 1.82) is 0 Å². The molecule has 1 saturated carbocycles. The second kappa shape index (κ2) is 7.09. The first-order valence-corrected chi connectivity index (χ1v) is 7.23. The van der Waals surface area contributed by atoms with Gasteiger partial charge < -0.3 is 11.1 Å². The lowest BCUT2D eigenvalue weighted by Gasteiger charge is -2.44. The number of nitrogens with one attached hydrogen (secondary N) is 1. The molecule has 4 nitrogen and oxygen atoms in total. The van der Waals surface area contributed by atoms with Crippen LogP contribution < -0.4 is 11.1 Å². The van der Waals surface area contributed by atoms with Crippen molar-refractivity contribution < 1.29 is 0 Å². The molecule has 0 amide bonds. The molecule has 3 N–H and O–H groups in total. The van der Waals surface area contributed by atoms with Crippen LogP contribution in [0.1, 0.15) is 25.3 Å². The fourth-order valence-corrected chi connectivity index (χ4v) is 2.94. The average molecular weight is 408 g/mol. The van der Waals surface area contributed by atoms with E-state index in [1.54, 1.807) is 6.20 Å². The minimum Gasteiger partial charge on any atom is -0.370 e. The van der Waals surface area contributed by atoms with E-state index in [9.17, 15) is 0 Å². The van der Waals surface area contributed by atoms with Gasteiger partial charge in [0.1, 0.15) is 5.82 Å². The van der Waals surface area contributed by atoms with Crippen molar-refractivity contribution in [2.24, 2.45) is 10.7 Å². The van der Waals surface area contributed by atoms with Gasteiger partial charge in [-0.25, -0.2) is 9.98 Å². The molecule has 1 fully saturated rings. The summed E-state index contributed by atoms with van der Waals surface area (Å²) in [5.74, 6) is 1.16. The first kappa shape index (κ1) is 16.7. The molecule has 0 bridgehead atoms. The summed E-state index contributed by atoms with van der Waals surface area (Å²) in [5.41, 5.74) is 7.55. The molecule has 1 heterocycles. The van der Waals surface area contributed by atoms with Crippen LogP contribution in [0.15, 0.2) is 59.7 Å². The smallest absolute Gasteiger partial charge is 0.194 e. The third-order valence-corrected chi connectivity index (χ3v) is 4.09. The molecular formula is C17H21IN4. The Morgan fingerprint density at radius 2 is 1.86 bits per heavy atom. The number of hydrogen-bond acceptors (Lipinski definition) is 2. The highest BCUT2D eigenvalue weighted by Gasteiger charge is 2.41. The number of pyridine rings is 1. The van der Waals surface area contributed by atoms with E-state index in [0.29, 0.717) is 5.96 Å². The van der Waals surface area contributed by atoms with Crippen LogP contribution in [0.4, 0.5) is 5.82 Å². The molecule has 0 spiro atoms. The van der Waals surface area contributed by atoms with E-state index in [4.69, 9.17) is 5.73 Å². The van der Waals surface area contributed by atoms with Gasteiger partial charge in [-0.1, -0.05) is 43.3 Å². The molecule has 3 rings (SSSR count). The Kier molecular flexibility index (Phi) is 5.39. The van der Waals surface area contributed by atoms with E-state index in [1.807, 2.05) is 18.2 Å². The van der Waals surface area contributed by atoms with Gasteiger partial charge in [-0.05, 0) is 36.0 Å². The number of aromatic nitrogens is 1. The van der Waals surface area contributed by atoms with E-state index in [0.717, 1.165) is 18.7 Å². The van der Waals surface area contributed by atoms with Gasteiger partial charge in [0.2, 0.25) is 0 Å². The second-order valence-electron chi connectivity index (χ2n) is 5.84. The van der Waals surface area contributed by atoms with Crippen LogP contribution in [0.5, 0.6) is 0 Å². The van der Waals surface area contributed by atoms with Crippen LogP contribution in [0.25, 0.3) is 0 Å². The van der Waals surface area contributed by atoms with Crippen molar-refractivity contribution in [2.45, 2.75) is 31.2 Å². The van der Waals surface area contributed by atoms with Crippen LogP contribution in [0.2, 0.25) is 0 Å². The zero-order chi connectivity index (χ0) is 14.7. The van der Waals surface area contributed by atoms with Crippen LogP contribution in [-0.4, -0.2) is 17.0 Å². The molecule has 116 valence electrons. The summed E-state index contributed by atoms with van der Waals surface area (Å²) in [6, 6.07) is 16.6. The van der Waals surface area contributed by atoms with E-state index < -0.39 is 0 Å². The quantitative estimate of drug-likeness (QED) is 0.464. The maximum absolute atomic E-state index is 5.94. The number of anilines is 1. The van der Waals surface area contributed by atoms with Gasteiger partial charge in [0.05, 0.1) is 6.04 Å². The fourth-order valence-electron chi connectivity index (χ4n) is 2.94. The molecule has 2 aromatic rings. The van der Waals surface area contributed by atoms with Crippen molar-refractivity contribution in [3.05, 3.63) is 60.3 Å². The van der Waals surface area contributed by atoms with Gasteiger partial charge in [-0.2, -0.15) is 0 Å². The molecule has 0 saturated heterocycles. The van der Waals surface area contributed by atoms with Crippen molar-refractivity contribution in [2.75, 3.05) is 5.32 Å². The van der Waals surface area contributed by atoms with Gasteiger partial charge in [-0.3, -0.25) is 0 Å². The molecular weight excluding hydrogens is 387 g/mol. The molecule has 5 heteroatoms. The summed E-state index contributed by atoms with van der Waals surface area (Å²) >= 11 is 0. The van der Waals surface area contributed by atoms with Gasteiger partial charge in [0.25, 0.3) is 0 Å². The number of nitrogens with zero attached hydrogens (tertiary/aromatic N) is 2. The number of guanidine groups is 1. The first-order chi connectivity index (χ1) is 10.2. The maximum atomic E-state index is 5.94. The van der Waals surface area contributed by atoms with Crippen LogP contribution >= 0.6 is 24.0 Å². The Balaban J connectivity index is 0.00000176. The molecule has 1 aliphatic carbocycles. The number of benzene rings is 1. The SMILES string of the molecule is CC1(c2ccccc2)CC(N=C(N)Nc2ccccn2)C1.I. The molecule has 1 aromatic carbocycles. The fraction of sp³-hybridized carbons (Fsp3) is 0.294. The van der Waals surface area contributed by atoms with E-state index in [-0.39, 0.29) is 35.4 Å². The van der Waals surface area contributed by atoms with Crippen molar-refractivity contribution in [1.82, 2.24) is 4.98 Å². The number of halogens is 1. The van der Waals surface area contributed by atoms with E-state index in [1.165, 1.54) is 5.56 Å². The normalized spacial score (nSPS) is 24.0. The predicted octanol–water partition coefficient (Wildman–Crippen LogP) is 3.55. The maximum Gasteiger partial charge on any atom is 0.194 e. The summed E-state index contributed by atoms with van der Waals surface area (Å²) in [4.78, 5) is 8.72. The predicted molar refractivity (Wildman–Crippen MR) is 102 cm³/mol. The largest absolute Gasteiger partial charge is 0.370 e. The van der Waals surface area contributed by atoms with Crippen molar-refractivity contribution >= 4 is 35.8 Å². The second-order valence-corrected chi connectivity index (χ2v) is 5.84.